The van der Waals surface area contributed by atoms with Crippen molar-refractivity contribution in [3.8, 4) is 0 Å². The van der Waals surface area contributed by atoms with Crippen LogP contribution in [0.2, 0.25) is 0 Å². The first kappa shape index (κ1) is 8.20. The van der Waals surface area contributed by atoms with Crippen LogP contribution < -0.4 is 5.73 Å². The van der Waals surface area contributed by atoms with Crippen LogP contribution in [0.25, 0.3) is 0 Å². The Labute approximate surface area is 66.2 Å². The van der Waals surface area contributed by atoms with Crippen LogP contribution in [0.1, 0.15) is 32.0 Å². The van der Waals surface area contributed by atoms with Gasteiger partial charge in [-0.1, -0.05) is 13.8 Å². The van der Waals surface area contributed by atoms with Gasteiger partial charge in [-0.2, -0.15) is 15.4 Å². The van der Waals surface area contributed by atoms with Crippen molar-refractivity contribution in [2.45, 2.75) is 26.3 Å². The minimum Gasteiger partial charge on any atom is -0.323 e. The molecule has 62 valence electrons. The van der Waals surface area contributed by atoms with Gasteiger partial charge in [0.2, 0.25) is 0 Å². The van der Waals surface area contributed by atoms with Crippen molar-refractivity contribution in [2.75, 3.05) is 0 Å². The number of rotatable bonds is 3. The molecule has 4 heteroatoms. The highest BCUT2D eigenvalue weighted by molar-refractivity contribution is 4.97. The molecule has 1 rings (SSSR count). The van der Waals surface area contributed by atoms with Gasteiger partial charge in [0.1, 0.15) is 0 Å². The lowest BCUT2D eigenvalue weighted by atomic mass is 10.0. The molecule has 1 aromatic heterocycles. The number of hydrogen-bond donors (Lipinski definition) is 2. The molecule has 1 unspecified atom stereocenters. The van der Waals surface area contributed by atoms with Crippen molar-refractivity contribution < 1.29 is 0 Å². The first-order valence-electron chi connectivity index (χ1n) is 3.81. The summed E-state index contributed by atoms with van der Waals surface area (Å²) in [6.07, 6.45) is 2.62. The third-order valence-electron chi connectivity index (χ3n) is 1.54. The van der Waals surface area contributed by atoms with Crippen LogP contribution in [0, 0.1) is 5.92 Å². The van der Waals surface area contributed by atoms with Gasteiger partial charge in [0.25, 0.3) is 0 Å². The van der Waals surface area contributed by atoms with Crippen LogP contribution >= 0.6 is 0 Å². The molecule has 0 amide bonds. The monoisotopic (exact) mass is 154 g/mol. The summed E-state index contributed by atoms with van der Waals surface area (Å²) in [5.41, 5.74) is 6.66. The molecule has 0 fully saturated rings. The maximum Gasteiger partial charge on any atom is 0.0991 e. The molecule has 0 bridgehead atoms. The third kappa shape index (κ3) is 2.31. The van der Waals surface area contributed by atoms with Gasteiger partial charge in [-0.25, -0.2) is 0 Å². The maximum absolute atomic E-state index is 5.82. The smallest absolute Gasteiger partial charge is 0.0991 e. The van der Waals surface area contributed by atoms with Crippen LogP contribution in [0.15, 0.2) is 6.20 Å². The molecule has 0 saturated carbocycles. The minimum absolute atomic E-state index is 0.0220. The van der Waals surface area contributed by atoms with Crippen molar-refractivity contribution >= 4 is 0 Å². The van der Waals surface area contributed by atoms with Crippen LogP contribution in [-0.4, -0.2) is 15.4 Å². The van der Waals surface area contributed by atoms with Crippen molar-refractivity contribution in [1.82, 2.24) is 15.4 Å². The number of H-pyrrole nitrogens is 1. The summed E-state index contributed by atoms with van der Waals surface area (Å²) < 4.78 is 0. The number of nitrogens with two attached hydrogens (primary N) is 1. The van der Waals surface area contributed by atoms with Gasteiger partial charge in [-0.3, -0.25) is 0 Å². The largest absolute Gasteiger partial charge is 0.323 e. The molecular weight excluding hydrogens is 140 g/mol. The number of aromatic nitrogens is 3. The molecule has 3 N–H and O–H groups in total. The summed E-state index contributed by atoms with van der Waals surface area (Å²) >= 11 is 0. The average molecular weight is 154 g/mol. The summed E-state index contributed by atoms with van der Waals surface area (Å²) in [6.45, 7) is 4.28. The molecule has 0 radical (unpaired) electrons. The second-order valence-corrected chi connectivity index (χ2v) is 3.13. The quantitative estimate of drug-likeness (QED) is 0.678. The Morgan fingerprint density at radius 3 is 2.82 bits per heavy atom. The molecule has 11 heavy (non-hydrogen) atoms. The maximum atomic E-state index is 5.82. The lowest BCUT2D eigenvalue weighted by molar-refractivity contribution is 0.501. The molecule has 0 aliphatic carbocycles. The number of nitrogens with one attached hydrogen (secondary N) is 1. The summed E-state index contributed by atoms with van der Waals surface area (Å²) in [5, 5.41) is 10.1. The van der Waals surface area contributed by atoms with Gasteiger partial charge in [0.15, 0.2) is 0 Å². The molecule has 1 atom stereocenters. The van der Waals surface area contributed by atoms with E-state index in [1.807, 2.05) is 0 Å². The number of hydrogen-bond acceptors (Lipinski definition) is 3. The van der Waals surface area contributed by atoms with Gasteiger partial charge < -0.3 is 5.73 Å². The van der Waals surface area contributed by atoms with Crippen LogP contribution in [0.3, 0.4) is 0 Å². The van der Waals surface area contributed by atoms with E-state index in [2.05, 4.69) is 29.3 Å². The van der Waals surface area contributed by atoms with Gasteiger partial charge in [-0.05, 0) is 12.3 Å². The first-order chi connectivity index (χ1) is 5.20. The normalized spacial score (nSPS) is 13.8. The van der Waals surface area contributed by atoms with Crippen molar-refractivity contribution in [1.29, 1.82) is 0 Å². The molecule has 0 aromatic carbocycles. The van der Waals surface area contributed by atoms with E-state index >= 15 is 0 Å². The van der Waals surface area contributed by atoms with Crippen molar-refractivity contribution in [2.24, 2.45) is 11.7 Å². The average Bonchev–Trinajstić information content (AvgIpc) is 2.35. The summed E-state index contributed by atoms with van der Waals surface area (Å²) in [6, 6.07) is 0.0220. The van der Waals surface area contributed by atoms with Gasteiger partial charge >= 0.3 is 0 Å². The molecule has 1 heterocycles. The van der Waals surface area contributed by atoms with Gasteiger partial charge in [0.05, 0.1) is 17.9 Å². The zero-order chi connectivity index (χ0) is 8.27. The Kier molecular flexibility index (Phi) is 2.59. The van der Waals surface area contributed by atoms with E-state index in [-0.39, 0.29) is 6.04 Å². The highest BCUT2D eigenvalue weighted by atomic mass is 15.3. The molecule has 0 aliphatic rings. The predicted octanol–water partition coefficient (Wildman–Crippen LogP) is 0.851. The molecule has 0 aliphatic heterocycles. The second kappa shape index (κ2) is 3.48. The molecule has 4 nitrogen and oxygen atoms in total. The fraction of sp³-hybridized carbons (Fsp3) is 0.714. The Morgan fingerprint density at radius 1 is 1.64 bits per heavy atom. The van der Waals surface area contributed by atoms with Crippen LogP contribution in [-0.2, 0) is 0 Å². The summed E-state index contributed by atoms with van der Waals surface area (Å²) in [7, 11) is 0. The molecular formula is C7H14N4. The van der Waals surface area contributed by atoms with E-state index in [0.29, 0.717) is 5.92 Å². The van der Waals surface area contributed by atoms with Crippen LogP contribution in [0.4, 0.5) is 0 Å². The zero-order valence-corrected chi connectivity index (χ0v) is 6.91. The van der Waals surface area contributed by atoms with Gasteiger partial charge in [-0.15, -0.1) is 0 Å². The Balaban J connectivity index is 2.49. The first-order valence-corrected chi connectivity index (χ1v) is 3.81. The van der Waals surface area contributed by atoms with Crippen molar-refractivity contribution in [3.63, 3.8) is 0 Å². The fourth-order valence-corrected chi connectivity index (χ4v) is 1.02. The van der Waals surface area contributed by atoms with Gasteiger partial charge in [0, 0.05) is 0 Å². The van der Waals surface area contributed by atoms with E-state index in [1.54, 1.807) is 6.20 Å². The standard InChI is InChI=1S/C7H14N4/c1-5(2)3-6(8)7-4-9-11-10-7/h4-6H,3,8H2,1-2H3,(H,9,10,11). The Hall–Kier alpha value is -0.900. The summed E-state index contributed by atoms with van der Waals surface area (Å²) in [4.78, 5) is 0. The molecule has 1 aromatic rings. The highest BCUT2D eigenvalue weighted by Gasteiger charge is 2.09. The lowest BCUT2D eigenvalue weighted by Gasteiger charge is -2.09. The number of aromatic amines is 1. The third-order valence-corrected chi connectivity index (χ3v) is 1.54. The Bertz CT molecular complexity index is 192. The second-order valence-electron chi connectivity index (χ2n) is 3.13. The topological polar surface area (TPSA) is 67.6 Å². The molecule has 0 spiro atoms. The van der Waals surface area contributed by atoms with Crippen LogP contribution in [0.5, 0.6) is 0 Å². The van der Waals surface area contributed by atoms with E-state index in [9.17, 15) is 0 Å². The molecule has 0 saturated heterocycles. The zero-order valence-electron chi connectivity index (χ0n) is 6.91. The fourth-order valence-electron chi connectivity index (χ4n) is 1.02. The predicted molar refractivity (Wildman–Crippen MR) is 42.8 cm³/mol. The SMILES string of the molecule is CC(C)CC(N)c1cn[nH]n1. The lowest BCUT2D eigenvalue weighted by Crippen LogP contribution is -2.13. The van der Waals surface area contributed by atoms with E-state index in [4.69, 9.17) is 5.73 Å². The van der Waals surface area contributed by atoms with E-state index < -0.39 is 0 Å². The Morgan fingerprint density at radius 2 is 2.36 bits per heavy atom. The van der Waals surface area contributed by atoms with E-state index in [0.717, 1.165) is 12.1 Å². The highest BCUT2D eigenvalue weighted by Crippen LogP contribution is 2.14. The van der Waals surface area contributed by atoms with E-state index in [1.165, 1.54) is 0 Å². The van der Waals surface area contributed by atoms with Crippen molar-refractivity contribution in [3.05, 3.63) is 11.9 Å². The minimum atomic E-state index is 0.0220. The summed E-state index contributed by atoms with van der Waals surface area (Å²) in [5.74, 6) is 0.599. The number of nitrogens with zero attached hydrogens (tertiary/aromatic N) is 2.